The quantitative estimate of drug-likeness (QED) is 0.676. The molecule has 19 heavy (non-hydrogen) atoms. The predicted octanol–water partition coefficient (Wildman–Crippen LogP) is 2.51. The number of benzene rings is 1. The van der Waals surface area contributed by atoms with E-state index in [0.29, 0.717) is 5.56 Å². The molecule has 0 aliphatic rings. The summed E-state index contributed by atoms with van der Waals surface area (Å²) in [6, 6.07) is 5.14. The minimum Gasteiger partial charge on any atom is -0.455 e. The Balaban J connectivity index is 2.90. The van der Waals surface area contributed by atoms with Gasteiger partial charge in [-0.3, -0.25) is 4.84 Å². The molecular formula is C13H17F2NO3. The number of hydrogen-bond donors (Lipinski definition) is 1. The highest BCUT2D eigenvalue weighted by molar-refractivity contribution is 5.79. The second-order valence-electron chi connectivity index (χ2n) is 5.08. The van der Waals surface area contributed by atoms with E-state index < -0.39 is 23.1 Å². The van der Waals surface area contributed by atoms with Gasteiger partial charge in [0, 0.05) is 5.56 Å². The monoisotopic (exact) mass is 273 g/mol. The van der Waals surface area contributed by atoms with Crippen molar-refractivity contribution in [2.75, 3.05) is 0 Å². The van der Waals surface area contributed by atoms with E-state index >= 15 is 0 Å². The second kappa shape index (κ2) is 5.63. The Kier molecular flexibility index (Phi) is 4.60. The van der Waals surface area contributed by atoms with Gasteiger partial charge in [0.15, 0.2) is 0 Å². The third-order valence-electron chi connectivity index (χ3n) is 2.22. The molecule has 0 unspecified atom stereocenters. The van der Waals surface area contributed by atoms with Gasteiger partial charge in [0.25, 0.3) is 0 Å². The minimum absolute atomic E-state index is 0.109. The molecule has 0 heterocycles. The topological polar surface area (TPSA) is 61.5 Å². The first-order chi connectivity index (χ1) is 8.66. The van der Waals surface area contributed by atoms with E-state index in [1.165, 1.54) is 32.9 Å². The standard InChI is InChI=1S/C13H17F2NO3/c1-12(2,3)19-11(17)13(14,15)10-6-4-9(5-7-10)8-18-16/h4-7H,8,16H2,1-3H3. The van der Waals surface area contributed by atoms with Crippen LogP contribution in [0.5, 0.6) is 0 Å². The van der Waals surface area contributed by atoms with Gasteiger partial charge in [-0.2, -0.15) is 8.78 Å². The van der Waals surface area contributed by atoms with Crippen molar-refractivity contribution in [3.63, 3.8) is 0 Å². The van der Waals surface area contributed by atoms with Crippen LogP contribution in [-0.2, 0) is 26.9 Å². The van der Waals surface area contributed by atoms with Crippen molar-refractivity contribution in [1.29, 1.82) is 0 Å². The molecule has 0 saturated heterocycles. The van der Waals surface area contributed by atoms with Crippen LogP contribution in [0, 0.1) is 0 Å². The molecule has 1 aromatic rings. The van der Waals surface area contributed by atoms with Crippen molar-refractivity contribution in [1.82, 2.24) is 0 Å². The number of carbonyl (C=O) groups is 1. The lowest BCUT2D eigenvalue weighted by molar-refractivity contribution is -0.185. The summed E-state index contributed by atoms with van der Waals surface area (Å²) in [4.78, 5) is 15.9. The van der Waals surface area contributed by atoms with Gasteiger partial charge in [-0.25, -0.2) is 10.7 Å². The molecule has 0 aliphatic carbocycles. The van der Waals surface area contributed by atoms with E-state index in [1.54, 1.807) is 0 Å². The lowest BCUT2D eigenvalue weighted by atomic mass is 10.1. The van der Waals surface area contributed by atoms with Crippen LogP contribution < -0.4 is 5.90 Å². The fourth-order valence-electron chi connectivity index (χ4n) is 1.37. The molecule has 1 rings (SSSR count). The number of halogens is 2. The summed E-state index contributed by atoms with van der Waals surface area (Å²) in [5.74, 6) is -0.372. The molecule has 2 N–H and O–H groups in total. The Morgan fingerprint density at radius 3 is 2.16 bits per heavy atom. The number of hydrogen-bond acceptors (Lipinski definition) is 4. The van der Waals surface area contributed by atoms with E-state index in [4.69, 9.17) is 10.6 Å². The van der Waals surface area contributed by atoms with Crippen LogP contribution in [0.1, 0.15) is 31.9 Å². The van der Waals surface area contributed by atoms with Gasteiger partial charge in [-0.05, 0) is 26.3 Å². The van der Waals surface area contributed by atoms with E-state index in [2.05, 4.69) is 4.84 Å². The van der Waals surface area contributed by atoms with E-state index in [0.717, 1.165) is 12.1 Å². The van der Waals surface area contributed by atoms with E-state index in [-0.39, 0.29) is 6.61 Å². The Morgan fingerprint density at radius 2 is 1.74 bits per heavy atom. The summed E-state index contributed by atoms with van der Waals surface area (Å²) in [6.45, 7) is 4.70. The van der Waals surface area contributed by atoms with Gasteiger partial charge in [-0.15, -0.1) is 0 Å². The molecule has 4 nitrogen and oxygen atoms in total. The molecule has 0 atom stereocenters. The van der Waals surface area contributed by atoms with Crippen molar-refractivity contribution >= 4 is 5.97 Å². The number of esters is 1. The zero-order valence-corrected chi connectivity index (χ0v) is 11.1. The number of rotatable bonds is 4. The summed E-state index contributed by atoms with van der Waals surface area (Å²) in [6.07, 6.45) is 0. The van der Waals surface area contributed by atoms with Crippen LogP contribution in [-0.4, -0.2) is 11.6 Å². The van der Waals surface area contributed by atoms with Gasteiger partial charge in [0.2, 0.25) is 0 Å². The molecule has 0 bridgehead atoms. The molecule has 0 spiro atoms. The number of nitrogens with two attached hydrogens (primary N) is 1. The van der Waals surface area contributed by atoms with E-state index in [1.807, 2.05) is 0 Å². The van der Waals surface area contributed by atoms with Crippen molar-refractivity contribution in [3.05, 3.63) is 35.4 Å². The fourth-order valence-corrected chi connectivity index (χ4v) is 1.37. The summed E-state index contributed by atoms with van der Waals surface area (Å²) < 4.78 is 32.4. The zero-order chi connectivity index (χ0) is 14.7. The Hall–Kier alpha value is -1.53. The third kappa shape index (κ3) is 4.25. The zero-order valence-electron chi connectivity index (χ0n) is 11.1. The van der Waals surface area contributed by atoms with Crippen LogP contribution in [0.25, 0.3) is 0 Å². The predicted molar refractivity (Wildman–Crippen MR) is 65.2 cm³/mol. The normalized spacial score (nSPS) is 12.3. The summed E-state index contributed by atoms with van der Waals surface area (Å²) >= 11 is 0. The molecule has 106 valence electrons. The first-order valence-electron chi connectivity index (χ1n) is 5.69. The number of alkyl halides is 2. The van der Waals surface area contributed by atoms with Gasteiger partial charge >= 0.3 is 11.9 Å². The molecule has 0 saturated carbocycles. The van der Waals surface area contributed by atoms with Crippen LogP contribution in [0.4, 0.5) is 8.78 Å². The van der Waals surface area contributed by atoms with E-state index in [9.17, 15) is 13.6 Å². The maximum absolute atomic E-state index is 13.9. The fraction of sp³-hybridized carbons (Fsp3) is 0.462. The van der Waals surface area contributed by atoms with Gasteiger partial charge in [0.1, 0.15) is 5.60 Å². The number of carbonyl (C=O) groups excluding carboxylic acids is 1. The summed E-state index contributed by atoms with van der Waals surface area (Å²) in [5.41, 5.74) is -0.762. The summed E-state index contributed by atoms with van der Waals surface area (Å²) in [5, 5.41) is 0. The maximum Gasteiger partial charge on any atom is 0.382 e. The lowest BCUT2D eigenvalue weighted by Gasteiger charge is -2.23. The third-order valence-corrected chi connectivity index (χ3v) is 2.22. The molecule has 0 amide bonds. The molecule has 6 heteroatoms. The largest absolute Gasteiger partial charge is 0.455 e. The van der Waals surface area contributed by atoms with Crippen molar-refractivity contribution < 1.29 is 23.1 Å². The van der Waals surface area contributed by atoms with Gasteiger partial charge < -0.3 is 4.74 Å². The molecular weight excluding hydrogens is 256 g/mol. The molecule has 0 fully saturated rings. The summed E-state index contributed by atoms with van der Waals surface area (Å²) in [7, 11) is 0. The second-order valence-corrected chi connectivity index (χ2v) is 5.08. The molecule has 0 aliphatic heterocycles. The minimum atomic E-state index is -3.69. The highest BCUT2D eigenvalue weighted by atomic mass is 19.3. The van der Waals surface area contributed by atoms with Crippen LogP contribution in [0.3, 0.4) is 0 Å². The van der Waals surface area contributed by atoms with Gasteiger partial charge in [0.05, 0.1) is 6.61 Å². The smallest absolute Gasteiger partial charge is 0.382 e. The average molecular weight is 273 g/mol. The van der Waals surface area contributed by atoms with Crippen molar-refractivity contribution in [2.24, 2.45) is 5.90 Å². The van der Waals surface area contributed by atoms with Crippen molar-refractivity contribution in [2.45, 2.75) is 38.9 Å². The first kappa shape index (κ1) is 15.5. The maximum atomic E-state index is 13.9. The first-order valence-corrected chi connectivity index (χ1v) is 5.69. The SMILES string of the molecule is CC(C)(C)OC(=O)C(F)(F)c1ccc(CON)cc1. The number of ether oxygens (including phenoxy) is 1. The lowest BCUT2D eigenvalue weighted by Crippen LogP contribution is -2.34. The van der Waals surface area contributed by atoms with Crippen LogP contribution >= 0.6 is 0 Å². The Bertz CT molecular complexity index is 438. The molecule has 1 aromatic carbocycles. The Morgan fingerprint density at radius 1 is 1.21 bits per heavy atom. The van der Waals surface area contributed by atoms with Crippen LogP contribution in [0.2, 0.25) is 0 Å². The molecule has 0 aromatic heterocycles. The average Bonchev–Trinajstić information content (AvgIpc) is 2.28. The highest BCUT2D eigenvalue weighted by Crippen LogP contribution is 2.31. The van der Waals surface area contributed by atoms with Crippen LogP contribution in [0.15, 0.2) is 24.3 Å². The van der Waals surface area contributed by atoms with Crippen molar-refractivity contribution in [3.8, 4) is 0 Å². The van der Waals surface area contributed by atoms with Gasteiger partial charge in [-0.1, -0.05) is 24.3 Å². The highest BCUT2D eigenvalue weighted by Gasteiger charge is 2.44. The Labute approximate surface area is 110 Å². The molecule has 0 radical (unpaired) electrons.